The summed E-state index contributed by atoms with van der Waals surface area (Å²) >= 11 is 0. The van der Waals surface area contributed by atoms with E-state index in [9.17, 15) is 0 Å². The molecule has 0 saturated heterocycles. The van der Waals surface area contributed by atoms with Gasteiger partial charge in [0.2, 0.25) is 0 Å². The number of hydrogen-bond acceptors (Lipinski definition) is 10. The van der Waals surface area contributed by atoms with Gasteiger partial charge >= 0.3 is 17.6 Å². The van der Waals surface area contributed by atoms with Crippen molar-refractivity contribution in [1.29, 1.82) is 0 Å². The molecular formula is C18H42O6S4Si2Zn. The molecule has 0 saturated carbocycles. The van der Waals surface area contributed by atoms with Gasteiger partial charge in [-0.15, -0.1) is 0 Å². The molecule has 0 heterocycles. The van der Waals surface area contributed by atoms with E-state index in [1.807, 2.05) is 82.8 Å². The van der Waals surface area contributed by atoms with Crippen molar-refractivity contribution in [3.05, 3.63) is 0 Å². The zero-order valence-corrected chi connectivity index (χ0v) is 28.5. The second kappa shape index (κ2) is 23.9. The fourth-order valence-electron chi connectivity index (χ4n) is 2.81. The van der Waals surface area contributed by atoms with E-state index in [-0.39, 0.29) is 19.5 Å². The first-order valence-corrected chi connectivity index (χ1v) is 20.0. The molecule has 0 unspecified atom stereocenters. The van der Waals surface area contributed by atoms with Crippen LogP contribution in [-0.2, 0) is 46.0 Å². The first kappa shape index (κ1) is 35.4. The molecule has 31 heavy (non-hydrogen) atoms. The summed E-state index contributed by atoms with van der Waals surface area (Å²) in [4.78, 5) is 0. The zero-order valence-electron chi connectivity index (χ0n) is 20.3. The SMILES string of the molecule is CCO[Si](CCCSSSSCCC[Si](OCC)(OCC)OCC)(OCC)OCC.[Zn]. The average Bonchev–Trinajstić information content (AvgIpc) is 2.70. The molecule has 0 aromatic carbocycles. The van der Waals surface area contributed by atoms with Crippen LogP contribution in [0.1, 0.15) is 54.4 Å². The third kappa shape index (κ3) is 17.3. The molecule has 0 rings (SSSR count). The molecule has 0 aromatic heterocycles. The summed E-state index contributed by atoms with van der Waals surface area (Å²) in [7, 11) is 2.48. The van der Waals surface area contributed by atoms with Gasteiger partial charge in [0.15, 0.2) is 0 Å². The van der Waals surface area contributed by atoms with Gasteiger partial charge in [0.1, 0.15) is 0 Å². The normalized spacial score (nSPS) is 12.2. The van der Waals surface area contributed by atoms with E-state index in [0.717, 1.165) is 36.4 Å². The number of rotatable bonds is 23. The molecule has 0 aliphatic rings. The Balaban J connectivity index is 0. The van der Waals surface area contributed by atoms with Crippen molar-refractivity contribution < 1.29 is 46.0 Å². The topological polar surface area (TPSA) is 55.4 Å². The van der Waals surface area contributed by atoms with E-state index in [4.69, 9.17) is 26.6 Å². The van der Waals surface area contributed by atoms with Gasteiger partial charge < -0.3 is 26.6 Å². The van der Waals surface area contributed by atoms with E-state index < -0.39 is 17.6 Å². The standard InChI is InChI=1S/C18H42O6S4Si2.Zn/c1-7-19-29(20-8-2,21-9-3)17-13-15-25-27-28-26-16-14-18-30(22-10-4,23-11-5)24-12-6;/h7-18H2,1-6H3;. The van der Waals surface area contributed by atoms with Crippen molar-refractivity contribution in [2.75, 3.05) is 51.1 Å². The summed E-state index contributed by atoms with van der Waals surface area (Å²) in [6.07, 6.45) is 2.08. The summed E-state index contributed by atoms with van der Waals surface area (Å²) in [5.74, 6) is 2.13. The van der Waals surface area contributed by atoms with Crippen LogP contribution in [0.5, 0.6) is 0 Å². The van der Waals surface area contributed by atoms with Gasteiger partial charge in [0.25, 0.3) is 0 Å². The third-order valence-corrected chi connectivity index (χ3v) is 16.7. The van der Waals surface area contributed by atoms with E-state index >= 15 is 0 Å². The van der Waals surface area contributed by atoms with Gasteiger partial charge in [-0.05, 0) is 74.0 Å². The third-order valence-electron chi connectivity index (χ3n) is 3.73. The molecule has 0 atom stereocenters. The molecular weight excluding hydrogens is 562 g/mol. The smallest absolute Gasteiger partial charge is 0.374 e. The Kier molecular flexibility index (Phi) is 27.3. The summed E-state index contributed by atoms with van der Waals surface area (Å²) in [6.45, 7) is 15.8. The van der Waals surface area contributed by atoms with Gasteiger partial charge in [0.05, 0.1) is 0 Å². The Labute approximate surface area is 221 Å². The van der Waals surface area contributed by atoms with Crippen LogP contribution in [0.4, 0.5) is 0 Å². The van der Waals surface area contributed by atoms with Crippen LogP contribution < -0.4 is 0 Å². The Hall–Kier alpha value is 2.22. The summed E-state index contributed by atoms with van der Waals surface area (Å²) in [5, 5.41) is 0. The quantitative estimate of drug-likeness (QED) is 0.0731. The van der Waals surface area contributed by atoms with Crippen molar-refractivity contribution >= 4 is 58.8 Å². The Morgan fingerprint density at radius 1 is 0.484 bits per heavy atom. The van der Waals surface area contributed by atoms with Gasteiger partial charge in [-0.25, -0.2) is 0 Å². The largest absolute Gasteiger partial charge is 0.500 e. The molecule has 13 heteroatoms. The van der Waals surface area contributed by atoms with E-state index in [2.05, 4.69) is 0 Å². The van der Waals surface area contributed by atoms with E-state index in [0.29, 0.717) is 39.6 Å². The van der Waals surface area contributed by atoms with Gasteiger partial charge in [-0.3, -0.25) is 0 Å². The summed E-state index contributed by atoms with van der Waals surface area (Å²) in [6, 6.07) is 1.76. The maximum atomic E-state index is 5.90. The molecule has 0 aromatic rings. The van der Waals surface area contributed by atoms with Crippen LogP contribution in [-0.4, -0.2) is 68.8 Å². The van der Waals surface area contributed by atoms with Crippen molar-refractivity contribution in [3.8, 4) is 0 Å². The predicted octanol–water partition coefficient (Wildman–Crippen LogP) is 6.54. The van der Waals surface area contributed by atoms with Gasteiger partial charge in [-0.2, -0.15) is 0 Å². The molecule has 0 amide bonds. The minimum absolute atomic E-state index is 0. The van der Waals surface area contributed by atoms with Crippen LogP contribution in [0.3, 0.4) is 0 Å². The van der Waals surface area contributed by atoms with Gasteiger partial charge in [0, 0.05) is 82.7 Å². The fourth-order valence-corrected chi connectivity index (χ4v) is 14.7. The van der Waals surface area contributed by atoms with E-state index in [1.54, 1.807) is 0 Å². The van der Waals surface area contributed by atoms with E-state index in [1.165, 1.54) is 0 Å². The maximum absolute atomic E-state index is 5.90. The first-order chi connectivity index (χ1) is 14.6. The van der Waals surface area contributed by atoms with Crippen molar-refractivity contribution in [2.45, 2.75) is 66.5 Å². The summed E-state index contributed by atoms with van der Waals surface area (Å²) in [5.41, 5.74) is 0. The van der Waals surface area contributed by atoms with Gasteiger partial charge in [-0.1, -0.05) is 21.6 Å². The maximum Gasteiger partial charge on any atom is 0.500 e. The molecule has 184 valence electrons. The monoisotopic (exact) mass is 602 g/mol. The van der Waals surface area contributed by atoms with Crippen molar-refractivity contribution in [3.63, 3.8) is 0 Å². The molecule has 0 aliphatic heterocycles. The van der Waals surface area contributed by atoms with Crippen molar-refractivity contribution in [1.82, 2.24) is 0 Å². The molecule has 0 radical (unpaired) electrons. The molecule has 0 spiro atoms. The van der Waals surface area contributed by atoms with Crippen LogP contribution >= 0.6 is 41.2 Å². The molecule has 6 nitrogen and oxygen atoms in total. The van der Waals surface area contributed by atoms with Crippen LogP contribution in [0.2, 0.25) is 12.1 Å². The Bertz CT molecular complexity index is 327. The predicted molar refractivity (Wildman–Crippen MR) is 140 cm³/mol. The Morgan fingerprint density at radius 2 is 0.742 bits per heavy atom. The second-order valence-corrected chi connectivity index (χ2v) is 17.7. The molecule has 0 fully saturated rings. The summed E-state index contributed by atoms with van der Waals surface area (Å²) < 4.78 is 35.4. The molecule has 0 N–H and O–H groups in total. The van der Waals surface area contributed by atoms with Crippen molar-refractivity contribution in [2.24, 2.45) is 0 Å². The number of hydrogen-bond donors (Lipinski definition) is 0. The van der Waals surface area contributed by atoms with Crippen LogP contribution in [0.15, 0.2) is 0 Å². The first-order valence-electron chi connectivity index (χ1n) is 11.0. The Morgan fingerprint density at radius 3 is 0.968 bits per heavy atom. The molecule has 0 aliphatic carbocycles. The van der Waals surface area contributed by atoms with Crippen LogP contribution in [0.25, 0.3) is 0 Å². The minimum atomic E-state index is -2.49. The second-order valence-electron chi connectivity index (χ2n) is 5.95. The fraction of sp³-hybridized carbons (Fsp3) is 1.00. The minimum Gasteiger partial charge on any atom is -0.374 e. The zero-order chi connectivity index (χ0) is 22.6. The molecule has 0 bridgehead atoms. The van der Waals surface area contributed by atoms with Crippen LogP contribution in [0, 0.1) is 0 Å². The average molecular weight is 604 g/mol.